The van der Waals surface area contributed by atoms with Gasteiger partial charge in [-0.3, -0.25) is 14.5 Å². The second-order valence-electron chi connectivity index (χ2n) is 4.90. The Hall–Kier alpha value is -1.95. The van der Waals surface area contributed by atoms with E-state index >= 15 is 0 Å². The van der Waals surface area contributed by atoms with Crippen LogP contribution in [0, 0.1) is 0 Å². The van der Waals surface area contributed by atoms with Gasteiger partial charge in [0, 0.05) is 17.1 Å². The average molecular weight is 351 g/mol. The molecular weight excluding hydrogens is 336 g/mol. The number of imide groups is 1. The predicted octanol–water partition coefficient (Wildman–Crippen LogP) is 2.32. The summed E-state index contributed by atoms with van der Waals surface area (Å²) < 4.78 is 0.940. The van der Waals surface area contributed by atoms with Gasteiger partial charge >= 0.3 is 6.03 Å². The fourth-order valence-corrected chi connectivity index (χ4v) is 2.28. The van der Waals surface area contributed by atoms with E-state index in [1.54, 1.807) is 13.1 Å². The van der Waals surface area contributed by atoms with E-state index in [1.165, 1.54) is 11.8 Å². The first-order chi connectivity index (χ1) is 9.88. The summed E-state index contributed by atoms with van der Waals surface area (Å²) in [5.41, 5.74) is 1.27. The number of carbonyl (C=O) groups is 3. The molecule has 6 heteroatoms. The summed E-state index contributed by atoms with van der Waals surface area (Å²) in [5, 5.41) is 0. The van der Waals surface area contributed by atoms with Crippen molar-refractivity contribution in [3.63, 3.8) is 0 Å². The van der Waals surface area contributed by atoms with Crippen LogP contribution in [0.25, 0.3) is 6.08 Å². The molecule has 0 aromatic heterocycles. The average Bonchev–Trinajstić information content (AvgIpc) is 2.66. The molecule has 2 rings (SSSR count). The van der Waals surface area contributed by atoms with Crippen molar-refractivity contribution in [2.45, 2.75) is 6.92 Å². The Morgan fingerprint density at radius 1 is 1.29 bits per heavy atom. The minimum absolute atomic E-state index is 0.00735. The van der Waals surface area contributed by atoms with Gasteiger partial charge in [0.25, 0.3) is 5.91 Å². The van der Waals surface area contributed by atoms with Crippen LogP contribution in [-0.2, 0) is 9.59 Å². The molecule has 0 saturated carbocycles. The molecule has 0 aliphatic carbocycles. The second kappa shape index (κ2) is 6.22. The van der Waals surface area contributed by atoms with Crippen molar-refractivity contribution in [2.24, 2.45) is 0 Å². The first kappa shape index (κ1) is 15.4. The smallest absolute Gasteiger partial charge is 0.318 e. The van der Waals surface area contributed by atoms with Crippen LogP contribution in [0.3, 0.4) is 0 Å². The van der Waals surface area contributed by atoms with Crippen LogP contribution in [0.1, 0.15) is 12.5 Å². The quantitative estimate of drug-likeness (QED) is 0.618. The van der Waals surface area contributed by atoms with Crippen LogP contribution in [0.15, 0.2) is 34.3 Å². The van der Waals surface area contributed by atoms with Crippen LogP contribution in [0.5, 0.6) is 0 Å². The van der Waals surface area contributed by atoms with Gasteiger partial charge in [-0.15, -0.1) is 0 Å². The minimum Gasteiger partial charge on any atom is -0.318 e. The monoisotopic (exact) mass is 350 g/mol. The Morgan fingerprint density at radius 3 is 2.38 bits per heavy atom. The maximum Gasteiger partial charge on any atom is 0.327 e. The Bertz CT molecular complexity index is 622. The van der Waals surface area contributed by atoms with Gasteiger partial charge in [-0.25, -0.2) is 4.79 Å². The summed E-state index contributed by atoms with van der Waals surface area (Å²) in [6.45, 7) is 1.50. The van der Waals surface area contributed by atoms with Crippen molar-refractivity contribution < 1.29 is 14.4 Å². The highest BCUT2D eigenvalue weighted by Crippen LogP contribution is 2.16. The molecule has 1 aromatic carbocycles. The summed E-state index contributed by atoms with van der Waals surface area (Å²) in [7, 11) is 1.56. The van der Waals surface area contributed by atoms with Crippen molar-refractivity contribution in [2.75, 3.05) is 20.1 Å². The van der Waals surface area contributed by atoms with E-state index in [9.17, 15) is 14.4 Å². The fourth-order valence-electron chi connectivity index (χ4n) is 2.01. The normalized spacial score (nSPS) is 15.9. The van der Waals surface area contributed by atoms with Crippen LogP contribution in [0.2, 0.25) is 0 Å². The Balaban J connectivity index is 2.24. The molecule has 1 heterocycles. The first-order valence-corrected chi connectivity index (χ1v) is 7.20. The SMILES string of the molecule is CC(=O)/C(=C/c1ccc(Br)cc1)CN1C(=O)CN(C)C1=O. The minimum atomic E-state index is -0.372. The van der Waals surface area contributed by atoms with Crippen LogP contribution >= 0.6 is 15.9 Å². The maximum absolute atomic E-state index is 11.9. The fraction of sp³-hybridized carbons (Fsp3) is 0.267. The third kappa shape index (κ3) is 3.58. The summed E-state index contributed by atoms with van der Waals surface area (Å²) in [5.74, 6) is -0.446. The molecule has 0 N–H and O–H groups in total. The van der Waals surface area contributed by atoms with E-state index < -0.39 is 0 Å². The van der Waals surface area contributed by atoms with E-state index in [0.29, 0.717) is 5.57 Å². The third-order valence-electron chi connectivity index (χ3n) is 3.22. The van der Waals surface area contributed by atoms with Gasteiger partial charge in [-0.05, 0) is 30.7 Å². The molecule has 0 atom stereocenters. The summed E-state index contributed by atoms with van der Waals surface area (Å²) in [6.07, 6.45) is 1.70. The standard InChI is InChI=1S/C15H15BrN2O3/c1-10(19)12(7-11-3-5-13(16)6-4-11)8-18-14(20)9-17(2)15(18)21/h3-7H,8-9H2,1-2H3/b12-7+. The number of ketones is 1. The molecular formula is C15H15BrN2O3. The molecule has 0 bridgehead atoms. The van der Waals surface area contributed by atoms with Crippen molar-refractivity contribution in [1.82, 2.24) is 9.80 Å². The number of nitrogens with zero attached hydrogens (tertiary/aromatic N) is 2. The van der Waals surface area contributed by atoms with E-state index in [4.69, 9.17) is 0 Å². The van der Waals surface area contributed by atoms with Gasteiger partial charge in [-0.2, -0.15) is 0 Å². The van der Waals surface area contributed by atoms with Gasteiger partial charge in [0.05, 0.1) is 6.54 Å². The maximum atomic E-state index is 11.9. The molecule has 110 valence electrons. The highest BCUT2D eigenvalue weighted by atomic mass is 79.9. The third-order valence-corrected chi connectivity index (χ3v) is 3.75. The molecule has 21 heavy (non-hydrogen) atoms. The Morgan fingerprint density at radius 2 is 1.90 bits per heavy atom. The van der Waals surface area contributed by atoms with Gasteiger partial charge in [-0.1, -0.05) is 28.1 Å². The van der Waals surface area contributed by atoms with Gasteiger partial charge in [0.15, 0.2) is 5.78 Å². The Kier molecular flexibility index (Phi) is 4.57. The number of urea groups is 1. The van der Waals surface area contributed by atoms with Gasteiger partial charge in [0.1, 0.15) is 6.54 Å². The summed E-state index contributed by atoms with van der Waals surface area (Å²) in [6, 6.07) is 7.06. The van der Waals surface area contributed by atoms with Crippen molar-refractivity contribution in [3.05, 3.63) is 39.9 Å². The van der Waals surface area contributed by atoms with Crippen LogP contribution < -0.4 is 0 Å². The van der Waals surface area contributed by atoms with Gasteiger partial charge in [0.2, 0.25) is 0 Å². The summed E-state index contributed by atoms with van der Waals surface area (Å²) in [4.78, 5) is 37.8. The largest absolute Gasteiger partial charge is 0.327 e. The number of likely N-dealkylation sites (N-methyl/N-ethyl adjacent to an activating group) is 1. The number of Topliss-reactive ketones (excluding diaryl/α,β-unsaturated/α-hetero) is 1. The lowest BCUT2D eigenvalue weighted by atomic mass is 10.1. The lowest BCUT2D eigenvalue weighted by Gasteiger charge is -2.15. The van der Waals surface area contributed by atoms with E-state index in [-0.39, 0.29) is 30.8 Å². The molecule has 3 amide bonds. The van der Waals surface area contributed by atoms with Crippen molar-refractivity contribution in [3.8, 4) is 0 Å². The van der Waals surface area contributed by atoms with Crippen LogP contribution in [-0.4, -0.2) is 47.7 Å². The summed E-state index contributed by atoms with van der Waals surface area (Å²) >= 11 is 3.34. The lowest BCUT2D eigenvalue weighted by molar-refractivity contribution is -0.125. The number of hydrogen-bond acceptors (Lipinski definition) is 3. The molecule has 0 radical (unpaired) electrons. The highest BCUT2D eigenvalue weighted by Gasteiger charge is 2.34. The molecule has 1 aromatic rings. The molecule has 1 fully saturated rings. The number of rotatable bonds is 4. The van der Waals surface area contributed by atoms with Crippen LogP contribution in [0.4, 0.5) is 4.79 Å². The molecule has 1 aliphatic heterocycles. The highest BCUT2D eigenvalue weighted by molar-refractivity contribution is 9.10. The second-order valence-corrected chi connectivity index (χ2v) is 5.81. The number of amides is 3. The topological polar surface area (TPSA) is 57.7 Å². The zero-order chi connectivity index (χ0) is 15.6. The first-order valence-electron chi connectivity index (χ1n) is 6.41. The predicted molar refractivity (Wildman–Crippen MR) is 82.5 cm³/mol. The Labute approximate surface area is 131 Å². The lowest BCUT2D eigenvalue weighted by Crippen LogP contribution is -2.34. The van der Waals surface area contributed by atoms with Gasteiger partial charge < -0.3 is 4.90 Å². The number of carbonyl (C=O) groups excluding carboxylic acids is 3. The van der Waals surface area contributed by atoms with Crippen molar-refractivity contribution >= 4 is 39.7 Å². The van der Waals surface area contributed by atoms with E-state index in [2.05, 4.69) is 15.9 Å². The molecule has 1 aliphatic rings. The molecule has 0 spiro atoms. The number of benzene rings is 1. The van der Waals surface area contributed by atoms with E-state index in [0.717, 1.165) is 14.9 Å². The zero-order valence-electron chi connectivity index (χ0n) is 11.8. The molecule has 0 unspecified atom stereocenters. The van der Waals surface area contributed by atoms with Crippen molar-refractivity contribution in [1.29, 1.82) is 0 Å². The zero-order valence-corrected chi connectivity index (χ0v) is 13.4. The number of hydrogen-bond donors (Lipinski definition) is 0. The van der Waals surface area contributed by atoms with E-state index in [1.807, 2.05) is 24.3 Å². The number of halogens is 1. The molecule has 5 nitrogen and oxygen atoms in total. The molecule has 1 saturated heterocycles.